The van der Waals surface area contributed by atoms with Crippen LogP contribution in [0.3, 0.4) is 0 Å². The van der Waals surface area contributed by atoms with Gasteiger partial charge in [-0.25, -0.2) is 14.0 Å². The fraction of sp³-hybridized carbons (Fsp3) is 0.385. The van der Waals surface area contributed by atoms with Crippen molar-refractivity contribution in [3.63, 3.8) is 0 Å². The zero-order chi connectivity index (χ0) is 15.3. The molecule has 0 aromatic heterocycles. The van der Waals surface area contributed by atoms with Crippen LogP contribution in [0.15, 0.2) is 18.2 Å². The molecule has 0 bridgehead atoms. The number of carboxylic acid groups (broad SMARTS) is 1. The number of thioether (sulfide) groups is 1. The fourth-order valence-corrected chi connectivity index (χ4v) is 1.59. The molecule has 5 nitrogen and oxygen atoms in total. The van der Waals surface area contributed by atoms with E-state index in [0.29, 0.717) is 6.54 Å². The molecule has 0 atom stereocenters. The number of nitrogens with one attached hydrogen (secondary N) is 2. The SMILES string of the molecule is CSC(C)(C)CNC(=O)Nc1cccc(F)c1C(=O)O. The minimum Gasteiger partial charge on any atom is -0.478 e. The van der Waals surface area contributed by atoms with Crippen LogP contribution in [0.25, 0.3) is 0 Å². The number of aromatic carboxylic acids is 1. The molecule has 1 aromatic carbocycles. The Morgan fingerprint density at radius 3 is 2.60 bits per heavy atom. The summed E-state index contributed by atoms with van der Waals surface area (Å²) in [7, 11) is 0. The minimum atomic E-state index is -1.43. The molecular formula is C13H17FN2O3S. The van der Waals surface area contributed by atoms with Gasteiger partial charge in [0.1, 0.15) is 11.4 Å². The summed E-state index contributed by atoms with van der Waals surface area (Å²) in [5.74, 6) is -2.32. The molecule has 0 unspecified atom stereocenters. The van der Waals surface area contributed by atoms with Gasteiger partial charge in [-0.3, -0.25) is 0 Å². The molecule has 1 aromatic rings. The number of amides is 2. The number of urea groups is 1. The summed E-state index contributed by atoms with van der Waals surface area (Å²) in [5, 5.41) is 13.9. The maximum absolute atomic E-state index is 13.4. The zero-order valence-electron chi connectivity index (χ0n) is 11.5. The Balaban J connectivity index is 2.77. The summed E-state index contributed by atoms with van der Waals surface area (Å²) in [5.41, 5.74) is -0.622. The second kappa shape index (κ2) is 6.60. The molecule has 110 valence electrons. The average Bonchev–Trinajstić information content (AvgIpc) is 2.36. The van der Waals surface area contributed by atoms with Crippen LogP contribution >= 0.6 is 11.8 Å². The Hall–Kier alpha value is -1.76. The normalized spacial score (nSPS) is 11.0. The third kappa shape index (κ3) is 4.41. The highest BCUT2D eigenvalue weighted by Gasteiger charge is 2.19. The molecule has 0 aliphatic heterocycles. The summed E-state index contributed by atoms with van der Waals surface area (Å²) < 4.78 is 13.3. The lowest BCUT2D eigenvalue weighted by atomic mass is 10.1. The lowest BCUT2D eigenvalue weighted by molar-refractivity contribution is 0.0693. The highest BCUT2D eigenvalue weighted by atomic mass is 32.2. The molecule has 0 radical (unpaired) electrons. The van der Waals surface area contributed by atoms with Gasteiger partial charge in [0.05, 0.1) is 5.69 Å². The molecule has 2 amide bonds. The fourth-order valence-electron chi connectivity index (χ4n) is 1.38. The number of hydrogen-bond donors (Lipinski definition) is 3. The van der Waals surface area contributed by atoms with Gasteiger partial charge in [0.15, 0.2) is 0 Å². The monoisotopic (exact) mass is 300 g/mol. The van der Waals surface area contributed by atoms with Crippen molar-refractivity contribution in [3.05, 3.63) is 29.6 Å². The summed E-state index contributed by atoms with van der Waals surface area (Å²) >= 11 is 1.59. The first kappa shape index (κ1) is 16.3. The summed E-state index contributed by atoms with van der Waals surface area (Å²) in [4.78, 5) is 22.7. The van der Waals surface area contributed by atoms with Crippen molar-refractivity contribution >= 4 is 29.4 Å². The Bertz CT molecular complexity index is 520. The molecule has 3 N–H and O–H groups in total. The minimum absolute atomic E-state index is 0.0723. The van der Waals surface area contributed by atoms with E-state index in [1.54, 1.807) is 11.8 Å². The number of anilines is 1. The van der Waals surface area contributed by atoms with Gasteiger partial charge in [-0.05, 0) is 32.2 Å². The predicted molar refractivity (Wildman–Crippen MR) is 78.0 cm³/mol. The lowest BCUT2D eigenvalue weighted by Crippen LogP contribution is -2.38. The lowest BCUT2D eigenvalue weighted by Gasteiger charge is -2.22. The number of halogens is 1. The molecule has 0 saturated heterocycles. The van der Waals surface area contributed by atoms with Crippen LogP contribution in [0.4, 0.5) is 14.9 Å². The summed E-state index contributed by atoms with van der Waals surface area (Å²) in [6.45, 7) is 4.32. The van der Waals surface area contributed by atoms with E-state index in [0.717, 1.165) is 6.07 Å². The molecule has 0 aliphatic rings. The molecule has 0 saturated carbocycles. The average molecular weight is 300 g/mol. The van der Waals surface area contributed by atoms with E-state index in [-0.39, 0.29) is 10.4 Å². The highest BCUT2D eigenvalue weighted by molar-refractivity contribution is 7.99. The van der Waals surface area contributed by atoms with Gasteiger partial charge in [-0.1, -0.05) is 6.07 Å². The topological polar surface area (TPSA) is 78.4 Å². The largest absolute Gasteiger partial charge is 0.478 e. The number of rotatable bonds is 5. The van der Waals surface area contributed by atoms with Crippen LogP contribution < -0.4 is 10.6 Å². The summed E-state index contributed by atoms with van der Waals surface area (Å²) in [6.07, 6.45) is 1.93. The smallest absolute Gasteiger partial charge is 0.340 e. The molecule has 7 heteroatoms. The van der Waals surface area contributed by atoms with Crippen LogP contribution in [0, 0.1) is 5.82 Å². The summed E-state index contributed by atoms with van der Waals surface area (Å²) in [6, 6.07) is 3.14. The Morgan fingerprint density at radius 1 is 1.40 bits per heavy atom. The molecular weight excluding hydrogens is 283 g/mol. The van der Waals surface area contributed by atoms with Crippen molar-refractivity contribution in [1.82, 2.24) is 5.32 Å². The van der Waals surface area contributed by atoms with Crippen molar-refractivity contribution in [3.8, 4) is 0 Å². The second-order valence-corrected chi connectivity index (χ2v) is 6.25. The first-order chi connectivity index (χ1) is 9.26. The van der Waals surface area contributed by atoms with Crippen molar-refractivity contribution in [1.29, 1.82) is 0 Å². The van der Waals surface area contributed by atoms with E-state index in [1.807, 2.05) is 20.1 Å². The predicted octanol–water partition coefficient (Wildman–Crippen LogP) is 2.79. The van der Waals surface area contributed by atoms with E-state index >= 15 is 0 Å². The molecule has 1 rings (SSSR count). The molecule has 20 heavy (non-hydrogen) atoms. The van der Waals surface area contributed by atoms with Crippen molar-refractivity contribution in [2.75, 3.05) is 18.1 Å². The first-order valence-corrected chi connectivity index (χ1v) is 7.11. The molecule has 0 heterocycles. The van der Waals surface area contributed by atoms with Gasteiger partial charge in [0.25, 0.3) is 0 Å². The molecule has 0 aliphatic carbocycles. The van der Waals surface area contributed by atoms with Gasteiger partial charge in [0, 0.05) is 11.3 Å². The van der Waals surface area contributed by atoms with E-state index in [1.165, 1.54) is 12.1 Å². The van der Waals surface area contributed by atoms with Crippen molar-refractivity contribution in [2.45, 2.75) is 18.6 Å². The number of benzene rings is 1. The number of carbonyl (C=O) groups is 2. The quantitative estimate of drug-likeness (QED) is 0.781. The van der Waals surface area contributed by atoms with Gasteiger partial charge >= 0.3 is 12.0 Å². The van der Waals surface area contributed by atoms with E-state index in [2.05, 4.69) is 10.6 Å². The third-order valence-electron chi connectivity index (χ3n) is 2.70. The maximum Gasteiger partial charge on any atom is 0.340 e. The van der Waals surface area contributed by atoms with Crippen LogP contribution in [-0.2, 0) is 0 Å². The van der Waals surface area contributed by atoms with E-state index < -0.39 is 23.4 Å². The standard InChI is InChI=1S/C13H17FN2O3S/c1-13(2,20-3)7-15-12(19)16-9-6-4-5-8(14)10(9)11(17)18/h4-6H,7H2,1-3H3,(H,17,18)(H2,15,16,19). The van der Waals surface area contributed by atoms with Crippen LogP contribution in [0.2, 0.25) is 0 Å². The van der Waals surface area contributed by atoms with E-state index in [9.17, 15) is 14.0 Å². The maximum atomic E-state index is 13.4. The second-order valence-electron chi connectivity index (χ2n) is 4.74. The van der Waals surface area contributed by atoms with Crippen molar-refractivity contribution in [2.24, 2.45) is 0 Å². The Kier molecular flexibility index (Phi) is 5.38. The molecule has 0 spiro atoms. The van der Waals surface area contributed by atoms with Crippen LogP contribution in [0.1, 0.15) is 24.2 Å². The van der Waals surface area contributed by atoms with Gasteiger partial charge in [-0.15, -0.1) is 0 Å². The number of hydrogen-bond acceptors (Lipinski definition) is 3. The van der Waals surface area contributed by atoms with Gasteiger partial charge in [0.2, 0.25) is 0 Å². The Labute approximate surface area is 120 Å². The van der Waals surface area contributed by atoms with Crippen LogP contribution in [0.5, 0.6) is 0 Å². The third-order valence-corrected chi connectivity index (χ3v) is 3.95. The number of carbonyl (C=O) groups excluding carboxylic acids is 1. The van der Waals surface area contributed by atoms with Crippen molar-refractivity contribution < 1.29 is 19.1 Å². The molecule has 0 fully saturated rings. The van der Waals surface area contributed by atoms with E-state index in [4.69, 9.17) is 5.11 Å². The van der Waals surface area contributed by atoms with Crippen LogP contribution in [-0.4, -0.2) is 34.7 Å². The zero-order valence-corrected chi connectivity index (χ0v) is 12.3. The van der Waals surface area contributed by atoms with Gasteiger partial charge < -0.3 is 15.7 Å². The number of carboxylic acids is 1. The first-order valence-electron chi connectivity index (χ1n) is 5.88. The Morgan fingerprint density at radius 2 is 2.05 bits per heavy atom. The highest BCUT2D eigenvalue weighted by Crippen LogP contribution is 2.20. The van der Waals surface area contributed by atoms with Gasteiger partial charge in [-0.2, -0.15) is 11.8 Å².